The third-order valence-electron chi connectivity index (χ3n) is 4.12. The maximum Gasteiger partial charge on any atom is 0.307 e. The molecule has 25 heavy (non-hydrogen) atoms. The minimum absolute atomic E-state index is 0.0356. The molecule has 1 aliphatic heterocycles. The van der Waals surface area contributed by atoms with E-state index in [9.17, 15) is 4.79 Å². The first-order valence-electron chi connectivity index (χ1n) is 8.20. The van der Waals surface area contributed by atoms with Crippen LogP contribution in [0.1, 0.15) is 22.7 Å². The number of benzene rings is 1. The van der Waals surface area contributed by atoms with E-state index < -0.39 is 0 Å². The molecule has 0 unspecified atom stereocenters. The van der Waals surface area contributed by atoms with Crippen molar-refractivity contribution in [3.8, 4) is 17.4 Å². The molecule has 1 aliphatic rings. The Balaban J connectivity index is 1.62. The summed E-state index contributed by atoms with van der Waals surface area (Å²) in [6.45, 7) is 1.67. The lowest BCUT2D eigenvalue weighted by Gasteiger charge is -2.16. The first-order valence-corrected chi connectivity index (χ1v) is 8.20. The Bertz CT molecular complexity index is 793. The highest BCUT2D eigenvalue weighted by atomic mass is 16.4. The lowest BCUT2D eigenvalue weighted by molar-refractivity contribution is 0.0905. The molecular formula is C18H21N5O2. The van der Waals surface area contributed by atoms with Gasteiger partial charge in [-0.15, -0.1) is 0 Å². The van der Waals surface area contributed by atoms with Gasteiger partial charge in [-0.1, -0.05) is 12.1 Å². The highest BCUT2D eigenvalue weighted by molar-refractivity contribution is 5.90. The Labute approximate surface area is 146 Å². The van der Waals surface area contributed by atoms with Gasteiger partial charge in [0.25, 0.3) is 5.89 Å². The molecule has 7 heteroatoms. The number of aromatic nitrogens is 1. The van der Waals surface area contributed by atoms with Gasteiger partial charge >= 0.3 is 5.91 Å². The smallest absolute Gasteiger partial charge is 0.307 e. The van der Waals surface area contributed by atoms with Crippen molar-refractivity contribution in [3.05, 3.63) is 41.9 Å². The van der Waals surface area contributed by atoms with Gasteiger partial charge in [0.15, 0.2) is 5.76 Å². The molecule has 1 aromatic carbocycles. The fourth-order valence-corrected chi connectivity index (χ4v) is 3.01. The normalized spacial score (nSPS) is 19.8. The van der Waals surface area contributed by atoms with Crippen LogP contribution in [0.5, 0.6) is 0 Å². The van der Waals surface area contributed by atoms with E-state index in [4.69, 9.17) is 9.68 Å². The van der Waals surface area contributed by atoms with E-state index in [1.165, 1.54) is 6.20 Å². The zero-order valence-electron chi connectivity index (χ0n) is 14.3. The van der Waals surface area contributed by atoms with Crippen LogP contribution in [0.15, 0.2) is 34.9 Å². The number of rotatable bonds is 5. The molecule has 130 valence electrons. The molecule has 1 amide bonds. The largest absolute Gasteiger partial charge is 0.432 e. The van der Waals surface area contributed by atoms with Crippen molar-refractivity contribution >= 4 is 5.91 Å². The lowest BCUT2D eigenvalue weighted by atomic mass is 10.1. The molecule has 2 heterocycles. The Morgan fingerprint density at radius 1 is 1.52 bits per heavy atom. The van der Waals surface area contributed by atoms with Crippen LogP contribution in [-0.4, -0.2) is 55.1 Å². The van der Waals surface area contributed by atoms with Crippen LogP contribution in [0.25, 0.3) is 11.3 Å². The van der Waals surface area contributed by atoms with Crippen molar-refractivity contribution in [2.45, 2.75) is 18.5 Å². The number of carbonyl (C=O) groups is 1. The molecule has 2 aromatic rings. The van der Waals surface area contributed by atoms with Crippen molar-refractivity contribution in [1.82, 2.24) is 20.5 Å². The standard InChI is InChI=1S/C18H21N5O2/c1-23(2)11-15-7-14(9-20-15)22-17(24)18-21-10-16(25-18)13-5-3-4-12(6-13)8-19/h3-6,10,14-15,20H,7,9,11H2,1-2H3,(H,22,24)/t14-,15+/m1/s1. The zero-order valence-corrected chi connectivity index (χ0v) is 14.3. The summed E-state index contributed by atoms with van der Waals surface area (Å²) in [7, 11) is 4.06. The van der Waals surface area contributed by atoms with Gasteiger partial charge in [0, 0.05) is 30.7 Å². The van der Waals surface area contributed by atoms with Gasteiger partial charge in [0.2, 0.25) is 0 Å². The second-order valence-corrected chi connectivity index (χ2v) is 6.50. The average Bonchev–Trinajstić information content (AvgIpc) is 3.24. The predicted octanol–water partition coefficient (Wildman–Crippen LogP) is 1.24. The van der Waals surface area contributed by atoms with Crippen LogP contribution in [0, 0.1) is 11.3 Å². The third-order valence-corrected chi connectivity index (χ3v) is 4.12. The summed E-state index contributed by atoms with van der Waals surface area (Å²) in [5.74, 6) is 0.186. The van der Waals surface area contributed by atoms with E-state index in [-0.39, 0.29) is 17.8 Å². The SMILES string of the molecule is CN(C)C[C@@H]1C[C@@H](NC(=O)c2ncc(-c3cccc(C#N)c3)o2)CN1. The molecule has 1 aromatic heterocycles. The highest BCUT2D eigenvalue weighted by Gasteiger charge is 2.27. The molecule has 1 saturated heterocycles. The Kier molecular flexibility index (Phi) is 5.12. The first kappa shape index (κ1) is 17.1. The molecule has 1 fully saturated rings. The van der Waals surface area contributed by atoms with Crippen LogP contribution in [-0.2, 0) is 0 Å². The molecule has 2 atom stereocenters. The van der Waals surface area contributed by atoms with Gasteiger partial charge < -0.3 is 20.0 Å². The minimum Gasteiger partial charge on any atom is -0.432 e. The fourth-order valence-electron chi connectivity index (χ4n) is 3.01. The number of amides is 1. The Morgan fingerprint density at radius 2 is 2.36 bits per heavy atom. The van der Waals surface area contributed by atoms with Crippen LogP contribution in [0.2, 0.25) is 0 Å². The van der Waals surface area contributed by atoms with E-state index in [0.717, 1.165) is 25.1 Å². The quantitative estimate of drug-likeness (QED) is 0.851. The molecule has 0 radical (unpaired) electrons. The molecular weight excluding hydrogens is 318 g/mol. The molecule has 0 spiro atoms. The van der Waals surface area contributed by atoms with Gasteiger partial charge in [-0.2, -0.15) is 5.26 Å². The van der Waals surface area contributed by atoms with E-state index in [0.29, 0.717) is 17.4 Å². The zero-order chi connectivity index (χ0) is 17.8. The molecule has 7 nitrogen and oxygen atoms in total. The number of carbonyl (C=O) groups excluding carboxylic acids is 1. The fraction of sp³-hybridized carbons (Fsp3) is 0.389. The van der Waals surface area contributed by atoms with Crippen molar-refractivity contribution in [2.24, 2.45) is 0 Å². The second kappa shape index (κ2) is 7.47. The number of hydrogen-bond acceptors (Lipinski definition) is 6. The topological polar surface area (TPSA) is 94.2 Å². The summed E-state index contributed by atoms with van der Waals surface area (Å²) in [6.07, 6.45) is 2.38. The van der Waals surface area contributed by atoms with Gasteiger partial charge in [-0.25, -0.2) is 4.98 Å². The number of nitriles is 1. The van der Waals surface area contributed by atoms with Gasteiger partial charge in [0.05, 0.1) is 17.8 Å². The first-order chi connectivity index (χ1) is 12.0. The summed E-state index contributed by atoms with van der Waals surface area (Å²) in [6, 6.07) is 9.52. The maximum absolute atomic E-state index is 12.3. The molecule has 0 bridgehead atoms. The molecule has 2 N–H and O–H groups in total. The maximum atomic E-state index is 12.3. The third kappa shape index (κ3) is 4.24. The van der Waals surface area contributed by atoms with E-state index >= 15 is 0 Å². The van der Waals surface area contributed by atoms with E-state index in [1.807, 2.05) is 20.2 Å². The summed E-state index contributed by atoms with van der Waals surface area (Å²) in [5, 5.41) is 15.3. The van der Waals surface area contributed by atoms with Gasteiger partial charge in [-0.3, -0.25) is 4.79 Å². The Morgan fingerprint density at radius 3 is 3.12 bits per heavy atom. The number of hydrogen-bond donors (Lipinski definition) is 2. The summed E-state index contributed by atoms with van der Waals surface area (Å²) >= 11 is 0. The minimum atomic E-state index is -0.319. The van der Waals surface area contributed by atoms with Crippen LogP contribution >= 0.6 is 0 Å². The number of nitrogens with one attached hydrogen (secondary N) is 2. The summed E-state index contributed by atoms with van der Waals surface area (Å²) in [4.78, 5) is 18.5. The van der Waals surface area contributed by atoms with Crippen molar-refractivity contribution in [1.29, 1.82) is 5.26 Å². The van der Waals surface area contributed by atoms with E-state index in [1.54, 1.807) is 18.2 Å². The highest BCUT2D eigenvalue weighted by Crippen LogP contribution is 2.21. The monoisotopic (exact) mass is 339 g/mol. The van der Waals surface area contributed by atoms with Gasteiger partial charge in [-0.05, 0) is 32.6 Å². The van der Waals surface area contributed by atoms with Crippen LogP contribution < -0.4 is 10.6 Å². The van der Waals surface area contributed by atoms with Crippen molar-refractivity contribution < 1.29 is 9.21 Å². The molecule has 0 aliphatic carbocycles. The van der Waals surface area contributed by atoms with Gasteiger partial charge in [0.1, 0.15) is 0 Å². The van der Waals surface area contributed by atoms with Crippen molar-refractivity contribution in [2.75, 3.05) is 27.2 Å². The molecule has 3 rings (SSSR count). The predicted molar refractivity (Wildman–Crippen MR) is 92.9 cm³/mol. The number of nitrogens with zero attached hydrogens (tertiary/aromatic N) is 3. The second-order valence-electron chi connectivity index (χ2n) is 6.50. The van der Waals surface area contributed by atoms with Crippen molar-refractivity contribution in [3.63, 3.8) is 0 Å². The molecule has 0 saturated carbocycles. The van der Waals surface area contributed by atoms with Crippen LogP contribution in [0.4, 0.5) is 0 Å². The summed E-state index contributed by atoms with van der Waals surface area (Å²) in [5.41, 5.74) is 1.25. The number of oxazole rings is 1. The van der Waals surface area contributed by atoms with Crippen LogP contribution in [0.3, 0.4) is 0 Å². The lowest BCUT2D eigenvalue weighted by Crippen LogP contribution is -2.36. The average molecular weight is 339 g/mol. The summed E-state index contributed by atoms with van der Waals surface area (Å²) < 4.78 is 5.57. The number of likely N-dealkylation sites (N-methyl/N-ethyl adjacent to an activating group) is 1. The Hall–Kier alpha value is -2.69. The van der Waals surface area contributed by atoms with E-state index in [2.05, 4.69) is 26.6 Å².